The summed E-state index contributed by atoms with van der Waals surface area (Å²) < 4.78 is 23.4. The summed E-state index contributed by atoms with van der Waals surface area (Å²) in [6, 6.07) is 4.68. The van der Waals surface area contributed by atoms with Crippen LogP contribution >= 0.6 is 0 Å². The van der Waals surface area contributed by atoms with E-state index in [2.05, 4.69) is 5.32 Å². The first kappa shape index (κ1) is 15.6. The molecule has 1 heterocycles. The molecule has 0 aliphatic carbocycles. The van der Waals surface area contributed by atoms with Gasteiger partial charge in [0.05, 0.1) is 5.69 Å². The molecule has 0 aromatic heterocycles. The zero-order chi connectivity index (χ0) is 15.6. The second-order valence-corrected chi connectivity index (χ2v) is 6.68. The van der Waals surface area contributed by atoms with E-state index in [0.29, 0.717) is 37.3 Å². The van der Waals surface area contributed by atoms with Gasteiger partial charge < -0.3 is 16.0 Å². The van der Waals surface area contributed by atoms with E-state index >= 15 is 0 Å². The van der Waals surface area contributed by atoms with Gasteiger partial charge in [0.15, 0.2) is 0 Å². The summed E-state index contributed by atoms with van der Waals surface area (Å²) in [5, 5.41) is 7.90. The first-order chi connectivity index (χ1) is 9.82. The lowest BCUT2D eigenvalue weighted by atomic mass is 9.95. The minimum absolute atomic E-state index is 0.0265. The number of carbonyl (C=O) groups is 1. The highest BCUT2D eigenvalue weighted by molar-refractivity contribution is 7.89. The highest BCUT2D eigenvalue weighted by Gasteiger charge is 2.27. The van der Waals surface area contributed by atoms with Gasteiger partial charge in [0, 0.05) is 31.7 Å². The third-order valence-corrected chi connectivity index (χ3v) is 4.68. The number of amides is 1. The summed E-state index contributed by atoms with van der Waals surface area (Å²) in [6.45, 7) is 1.20. The average molecular weight is 312 g/mol. The maximum absolute atomic E-state index is 11.7. The molecule has 0 spiro atoms. The minimum Gasteiger partial charge on any atom is -0.399 e. The van der Waals surface area contributed by atoms with Crippen molar-refractivity contribution in [1.82, 2.24) is 5.32 Å². The SMILES string of the molecule is CNC(=O)C1CCN(c2ccc(N)cc2S(N)(=O)=O)CC1. The van der Waals surface area contributed by atoms with Crippen LogP contribution in [-0.2, 0) is 14.8 Å². The van der Waals surface area contributed by atoms with E-state index in [0.717, 1.165) is 0 Å². The summed E-state index contributed by atoms with van der Waals surface area (Å²) in [7, 11) is -2.22. The van der Waals surface area contributed by atoms with Crippen LogP contribution in [0, 0.1) is 5.92 Å². The molecule has 0 radical (unpaired) electrons. The molecule has 2 rings (SSSR count). The summed E-state index contributed by atoms with van der Waals surface area (Å²) >= 11 is 0. The van der Waals surface area contributed by atoms with Crippen LogP contribution in [0.1, 0.15) is 12.8 Å². The number of sulfonamides is 1. The zero-order valence-corrected chi connectivity index (χ0v) is 12.7. The van der Waals surface area contributed by atoms with Crippen LogP contribution in [0.2, 0.25) is 0 Å². The predicted molar refractivity (Wildman–Crippen MR) is 81.2 cm³/mol. The number of hydrogen-bond donors (Lipinski definition) is 3. The van der Waals surface area contributed by atoms with Crippen LogP contribution in [0.5, 0.6) is 0 Å². The third-order valence-electron chi connectivity index (χ3n) is 3.74. The minimum atomic E-state index is -3.84. The van der Waals surface area contributed by atoms with Crippen molar-refractivity contribution in [2.45, 2.75) is 17.7 Å². The maximum atomic E-state index is 11.7. The Kier molecular flexibility index (Phi) is 4.38. The first-order valence-corrected chi connectivity index (χ1v) is 8.26. The zero-order valence-electron chi connectivity index (χ0n) is 11.9. The number of rotatable bonds is 3. The molecule has 0 saturated carbocycles. The standard InChI is InChI=1S/C13H20N4O3S/c1-16-13(18)9-4-6-17(7-5-9)11-3-2-10(14)8-12(11)21(15,19)20/h2-3,8-9H,4-7,14H2,1H3,(H,16,18)(H2,15,19,20). The van der Waals surface area contributed by atoms with Crippen molar-refractivity contribution in [3.8, 4) is 0 Å². The van der Waals surface area contributed by atoms with Crippen LogP contribution in [0.15, 0.2) is 23.1 Å². The summed E-state index contributed by atoms with van der Waals surface area (Å²) in [4.78, 5) is 13.6. The molecule has 1 aliphatic rings. The monoisotopic (exact) mass is 312 g/mol. The number of piperidine rings is 1. The van der Waals surface area contributed by atoms with Gasteiger partial charge in [-0.2, -0.15) is 0 Å². The lowest BCUT2D eigenvalue weighted by Crippen LogP contribution is -2.40. The quantitative estimate of drug-likeness (QED) is 0.672. The molecule has 8 heteroatoms. The molecule has 21 heavy (non-hydrogen) atoms. The van der Waals surface area contributed by atoms with Gasteiger partial charge in [-0.3, -0.25) is 4.79 Å². The van der Waals surface area contributed by atoms with Crippen LogP contribution in [0.3, 0.4) is 0 Å². The second-order valence-electron chi connectivity index (χ2n) is 5.15. The fourth-order valence-corrected chi connectivity index (χ4v) is 3.40. The fourth-order valence-electron chi connectivity index (χ4n) is 2.61. The normalized spacial score (nSPS) is 16.8. The molecule has 1 saturated heterocycles. The number of benzene rings is 1. The molecule has 0 unspecified atom stereocenters. The van der Waals surface area contributed by atoms with E-state index in [-0.39, 0.29) is 16.7 Å². The maximum Gasteiger partial charge on any atom is 0.240 e. The molecule has 7 nitrogen and oxygen atoms in total. The highest BCUT2D eigenvalue weighted by Crippen LogP contribution is 2.30. The van der Waals surface area contributed by atoms with E-state index in [4.69, 9.17) is 10.9 Å². The van der Waals surface area contributed by atoms with E-state index < -0.39 is 10.0 Å². The van der Waals surface area contributed by atoms with Crippen molar-refractivity contribution in [1.29, 1.82) is 0 Å². The van der Waals surface area contributed by atoms with Gasteiger partial charge >= 0.3 is 0 Å². The van der Waals surface area contributed by atoms with Gasteiger partial charge in [-0.05, 0) is 31.0 Å². The molecule has 1 aliphatic heterocycles. The van der Waals surface area contributed by atoms with Gasteiger partial charge in [-0.15, -0.1) is 0 Å². The van der Waals surface area contributed by atoms with E-state index in [1.165, 1.54) is 6.07 Å². The Labute approximate surface area is 124 Å². The third kappa shape index (κ3) is 3.45. The number of nitrogens with one attached hydrogen (secondary N) is 1. The van der Waals surface area contributed by atoms with Crippen molar-refractivity contribution in [3.63, 3.8) is 0 Å². The van der Waals surface area contributed by atoms with Crippen molar-refractivity contribution in [2.24, 2.45) is 11.1 Å². The number of nitrogens with zero attached hydrogens (tertiary/aromatic N) is 1. The Morgan fingerprint density at radius 2 is 1.95 bits per heavy atom. The summed E-state index contributed by atoms with van der Waals surface area (Å²) in [6.07, 6.45) is 1.35. The van der Waals surface area contributed by atoms with Gasteiger partial charge in [-0.25, -0.2) is 13.6 Å². The molecule has 1 aromatic rings. The van der Waals surface area contributed by atoms with Gasteiger partial charge in [-0.1, -0.05) is 0 Å². The Morgan fingerprint density at radius 1 is 1.33 bits per heavy atom. The number of nitrogens with two attached hydrogens (primary N) is 2. The number of hydrogen-bond acceptors (Lipinski definition) is 5. The lowest BCUT2D eigenvalue weighted by Gasteiger charge is -2.33. The van der Waals surface area contributed by atoms with Crippen LogP contribution < -0.4 is 21.1 Å². The Bertz CT molecular complexity index is 637. The number of anilines is 2. The molecule has 1 amide bonds. The van der Waals surface area contributed by atoms with Crippen molar-refractivity contribution >= 4 is 27.3 Å². The highest BCUT2D eigenvalue weighted by atomic mass is 32.2. The van der Waals surface area contributed by atoms with Gasteiger partial charge in [0.25, 0.3) is 0 Å². The molecule has 1 fully saturated rings. The largest absolute Gasteiger partial charge is 0.399 e. The van der Waals surface area contributed by atoms with Crippen molar-refractivity contribution < 1.29 is 13.2 Å². The van der Waals surface area contributed by atoms with Gasteiger partial charge in [0.1, 0.15) is 4.90 Å². The molecule has 116 valence electrons. The van der Waals surface area contributed by atoms with E-state index in [1.54, 1.807) is 19.2 Å². The smallest absolute Gasteiger partial charge is 0.240 e. The Morgan fingerprint density at radius 3 is 2.48 bits per heavy atom. The number of carbonyl (C=O) groups excluding carboxylic acids is 1. The fraction of sp³-hybridized carbons (Fsp3) is 0.462. The molecular formula is C13H20N4O3S. The van der Waals surface area contributed by atoms with E-state index in [9.17, 15) is 13.2 Å². The van der Waals surface area contributed by atoms with Crippen molar-refractivity contribution in [3.05, 3.63) is 18.2 Å². The molecule has 0 atom stereocenters. The number of primary sulfonamides is 1. The average Bonchev–Trinajstić information content (AvgIpc) is 2.45. The van der Waals surface area contributed by atoms with Crippen LogP contribution in [-0.4, -0.2) is 34.5 Å². The lowest BCUT2D eigenvalue weighted by molar-refractivity contribution is -0.125. The predicted octanol–water partition coefficient (Wildman–Crippen LogP) is -0.121. The Hall–Kier alpha value is -1.80. The molecule has 0 bridgehead atoms. The van der Waals surface area contributed by atoms with E-state index in [1.807, 2.05) is 4.90 Å². The topological polar surface area (TPSA) is 119 Å². The van der Waals surface area contributed by atoms with Crippen LogP contribution in [0.4, 0.5) is 11.4 Å². The summed E-state index contributed by atoms with van der Waals surface area (Å²) in [5.74, 6) is -0.00316. The number of nitrogen functional groups attached to an aromatic ring is 1. The first-order valence-electron chi connectivity index (χ1n) is 6.72. The van der Waals surface area contributed by atoms with Gasteiger partial charge in [0.2, 0.25) is 15.9 Å². The second kappa shape index (κ2) is 5.90. The summed E-state index contributed by atoms with van der Waals surface area (Å²) in [5.41, 5.74) is 6.54. The molecular weight excluding hydrogens is 292 g/mol. The molecule has 5 N–H and O–H groups in total. The van der Waals surface area contributed by atoms with Crippen LogP contribution in [0.25, 0.3) is 0 Å². The molecule has 1 aromatic carbocycles. The van der Waals surface area contributed by atoms with Crippen molar-refractivity contribution in [2.75, 3.05) is 30.8 Å². The Balaban J connectivity index is 2.23.